The summed E-state index contributed by atoms with van der Waals surface area (Å²) in [5.41, 5.74) is 2.44. The zero-order chi connectivity index (χ0) is 21.2. The van der Waals surface area contributed by atoms with Crippen molar-refractivity contribution in [2.24, 2.45) is 0 Å². The van der Waals surface area contributed by atoms with Crippen LogP contribution in [0.5, 0.6) is 0 Å². The average molecular weight is 421 g/mol. The number of benzene rings is 1. The Kier molecular flexibility index (Phi) is 6.13. The van der Waals surface area contributed by atoms with Crippen LogP contribution < -0.4 is 0 Å². The van der Waals surface area contributed by atoms with Crippen LogP contribution in [0.1, 0.15) is 36.5 Å². The lowest BCUT2D eigenvalue weighted by atomic mass is 10.2. The average Bonchev–Trinajstić information content (AvgIpc) is 3.24. The Morgan fingerprint density at radius 3 is 2.55 bits per heavy atom. The highest BCUT2D eigenvalue weighted by atomic mass is 32.2. The standard InChI is InChI=1S/C19H24FN5O3S/c1-13(2)29(26,27)19-21-9-16(11-24(4)12-18-14(3)22-28-23-18)25(19)10-15-7-5-6-8-17(15)20/h5-9,13H,10-12H2,1-4H3. The largest absolute Gasteiger partial charge is 0.313 e. The van der Waals surface area contributed by atoms with Crippen molar-refractivity contribution < 1.29 is 17.4 Å². The molecule has 2 heterocycles. The van der Waals surface area contributed by atoms with E-state index in [1.165, 1.54) is 12.3 Å². The lowest BCUT2D eigenvalue weighted by Crippen LogP contribution is -2.24. The summed E-state index contributed by atoms with van der Waals surface area (Å²) in [6.07, 6.45) is 1.53. The molecule has 29 heavy (non-hydrogen) atoms. The quantitative estimate of drug-likeness (QED) is 0.552. The van der Waals surface area contributed by atoms with E-state index in [4.69, 9.17) is 4.63 Å². The van der Waals surface area contributed by atoms with Crippen molar-refractivity contribution in [3.05, 3.63) is 58.9 Å². The van der Waals surface area contributed by atoms with Crippen LogP contribution in [0.15, 0.2) is 40.2 Å². The minimum atomic E-state index is -3.64. The normalized spacial score (nSPS) is 12.2. The van der Waals surface area contributed by atoms with Gasteiger partial charge in [-0.1, -0.05) is 28.5 Å². The van der Waals surface area contributed by atoms with Crippen molar-refractivity contribution in [1.82, 2.24) is 24.8 Å². The molecule has 2 aromatic heterocycles. The van der Waals surface area contributed by atoms with Gasteiger partial charge in [0.2, 0.25) is 15.0 Å². The molecule has 0 saturated carbocycles. The minimum Gasteiger partial charge on any atom is -0.313 e. The molecule has 0 N–H and O–H groups in total. The van der Waals surface area contributed by atoms with E-state index in [0.29, 0.717) is 35.7 Å². The van der Waals surface area contributed by atoms with Gasteiger partial charge in [0.15, 0.2) is 0 Å². The van der Waals surface area contributed by atoms with Crippen LogP contribution in [0.3, 0.4) is 0 Å². The number of halogens is 1. The van der Waals surface area contributed by atoms with E-state index in [1.807, 2.05) is 11.9 Å². The molecule has 3 aromatic rings. The summed E-state index contributed by atoms with van der Waals surface area (Å²) < 4.78 is 46.1. The molecule has 0 atom stereocenters. The third-order valence-corrected chi connectivity index (χ3v) is 6.74. The first kappa shape index (κ1) is 21.1. The molecule has 0 bridgehead atoms. The summed E-state index contributed by atoms with van der Waals surface area (Å²) in [7, 11) is -1.77. The fraction of sp³-hybridized carbons (Fsp3) is 0.421. The lowest BCUT2D eigenvalue weighted by Gasteiger charge is -2.18. The molecule has 0 radical (unpaired) electrons. The second kappa shape index (κ2) is 8.42. The fourth-order valence-electron chi connectivity index (χ4n) is 2.90. The Bertz CT molecular complexity index is 1090. The second-order valence-corrected chi connectivity index (χ2v) is 9.67. The summed E-state index contributed by atoms with van der Waals surface area (Å²) in [6, 6.07) is 6.31. The molecule has 0 amide bonds. The van der Waals surface area contributed by atoms with Gasteiger partial charge in [0, 0.05) is 18.7 Å². The zero-order valence-electron chi connectivity index (χ0n) is 16.8. The molecule has 0 aliphatic carbocycles. The molecule has 0 unspecified atom stereocenters. The Morgan fingerprint density at radius 2 is 1.93 bits per heavy atom. The Balaban J connectivity index is 1.95. The lowest BCUT2D eigenvalue weighted by molar-refractivity contribution is 0.275. The van der Waals surface area contributed by atoms with Crippen LogP contribution in [-0.4, -0.2) is 45.5 Å². The molecule has 0 aliphatic rings. The molecular formula is C19H24FN5O3S. The maximum absolute atomic E-state index is 14.2. The molecule has 0 fully saturated rings. The molecule has 10 heteroatoms. The number of aryl methyl sites for hydroxylation is 1. The van der Waals surface area contributed by atoms with E-state index in [9.17, 15) is 12.8 Å². The van der Waals surface area contributed by atoms with E-state index >= 15 is 0 Å². The maximum Gasteiger partial charge on any atom is 0.228 e. The minimum absolute atomic E-state index is 0.0570. The van der Waals surface area contributed by atoms with Gasteiger partial charge in [-0.05, 0) is 33.9 Å². The van der Waals surface area contributed by atoms with Crippen molar-refractivity contribution in [3.8, 4) is 0 Å². The van der Waals surface area contributed by atoms with Gasteiger partial charge < -0.3 is 4.57 Å². The van der Waals surface area contributed by atoms with E-state index in [2.05, 4.69) is 15.3 Å². The number of aromatic nitrogens is 4. The summed E-state index contributed by atoms with van der Waals surface area (Å²) in [5, 5.41) is 6.94. The molecule has 0 spiro atoms. The molecule has 1 aromatic carbocycles. The topological polar surface area (TPSA) is 94.1 Å². The summed E-state index contributed by atoms with van der Waals surface area (Å²) in [4.78, 5) is 6.12. The molecular weight excluding hydrogens is 397 g/mol. The highest BCUT2D eigenvalue weighted by molar-refractivity contribution is 7.91. The van der Waals surface area contributed by atoms with Gasteiger partial charge in [0.1, 0.15) is 17.2 Å². The van der Waals surface area contributed by atoms with Crippen molar-refractivity contribution in [3.63, 3.8) is 0 Å². The Labute approximate surface area is 169 Å². The van der Waals surface area contributed by atoms with Gasteiger partial charge in [0.25, 0.3) is 0 Å². The highest BCUT2D eigenvalue weighted by Crippen LogP contribution is 2.21. The summed E-state index contributed by atoms with van der Waals surface area (Å²) in [6.45, 7) is 5.93. The maximum atomic E-state index is 14.2. The Morgan fingerprint density at radius 1 is 1.21 bits per heavy atom. The molecule has 3 rings (SSSR count). The number of rotatable bonds is 8. The van der Waals surface area contributed by atoms with E-state index in [1.54, 1.807) is 43.5 Å². The number of imidazole rings is 1. The summed E-state index contributed by atoms with van der Waals surface area (Å²) in [5.74, 6) is -0.391. The van der Waals surface area contributed by atoms with Crippen LogP contribution in [0, 0.1) is 12.7 Å². The second-order valence-electron chi connectivity index (χ2n) is 7.27. The smallest absolute Gasteiger partial charge is 0.228 e. The summed E-state index contributed by atoms with van der Waals surface area (Å²) >= 11 is 0. The number of hydrogen-bond donors (Lipinski definition) is 0. The van der Waals surface area contributed by atoms with E-state index < -0.39 is 20.9 Å². The molecule has 8 nitrogen and oxygen atoms in total. The molecule has 0 saturated heterocycles. The van der Waals surface area contributed by atoms with Crippen molar-refractivity contribution in [1.29, 1.82) is 0 Å². The third kappa shape index (κ3) is 4.54. The van der Waals surface area contributed by atoms with Gasteiger partial charge in [-0.2, -0.15) is 0 Å². The van der Waals surface area contributed by atoms with Crippen molar-refractivity contribution in [2.75, 3.05) is 7.05 Å². The Hall–Kier alpha value is -2.59. The van der Waals surface area contributed by atoms with E-state index in [0.717, 1.165) is 0 Å². The third-order valence-electron chi connectivity index (χ3n) is 4.66. The molecule has 156 valence electrons. The number of hydrogen-bond acceptors (Lipinski definition) is 7. The predicted octanol–water partition coefficient (Wildman–Crippen LogP) is 2.58. The van der Waals surface area contributed by atoms with Crippen LogP contribution in [0.4, 0.5) is 4.39 Å². The van der Waals surface area contributed by atoms with Crippen LogP contribution >= 0.6 is 0 Å². The van der Waals surface area contributed by atoms with Crippen molar-refractivity contribution in [2.45, 2.75) is 50.8 Å². The zero-order valence-corrected chi connectivity index (χ0v) is 17.6. The van der Waals surface area contributed by atoms with Gasteiger partial charge in [-0.15, -0.1) is 0 Å². The predicted molar refractivity (Wildman–Crippen MR) is 104 cm³/mol. The number of sulfone groups is 1. The monoisotopic (exact) mass is 421 g/mol. The van der Waals surface area contributed by atoms with Crippen molar-refractivity contribution >= 4 is 9.84 Å². The van der Waals surface area contributed by atoms with Gasteiger partial charge >= 0.3 is 0 Å². The first-order valence-electron chi connectivity index (χ1n) is 9.18. The first-order valence-corrected chi connectivity index (χ1v) is 10.7. The fourth-order valence-corrected chi connectivity index (χ4v) is 4.01. The SMILES string of the molecule is Cc1nonc1CN(C)Cc1cnc(S(=O)(=O)C(C)C)n1Cc1ccccc1F. The van der Waals surface area contributed by atoms with E-state index in [-0.39, 0.29) is 11.7 Å². The number of nitrogens with zero attached hydrogens (tertiary/aromatic N) is 5. The van der Waals surface area contributed by atoms with Crippen LogP contribution in [0.25, 0.3) is 0 Å². The first-order chi connectivity index (χ1) is 13.7. The van der Waals surface area contributed by atoms with Gasteiger partial charge in [-0.3, -0.25) is 4.90 Å². The van der Waals surface area contributed by atoms with Crippen LogP contribution in [0.2, 0.25) is 0 Å². The van der Waals surface area contributed by atoms with Gasteiger partial charge in [0.05, 0.1) is 23.7 Å². The van der Waals surface area contributed by atoms with Gasteiger partial charge in [-0.25, -0.2) is 22.4 Å². The highest BCUT2D eigenvalue weighted by Gasteiger charge is 2.27. The molecule has 0 aliphatic heterocycles. The van der Waals surface area contributed by atoms with Crippen LogP contribution in [-0.2, 0) is 29.5 Å².